The van der Waals surface area contributed by atoms with Gasteiger partial charge >= 0.3 is 0 Å². The standard InChI is InChI=1S/C13H18BrNO2/c1-4-15(5-2)13(16)9-17-12-8-11(14)7-6-10(12)3/h6-8H,4-5,9H2,1-3H3. The molecular formula is C13H18BrNO2. The Balaban J connectivity index is 2.61. The van der Waals surface area contributed by atoms with Gasteiger partial charge in [0.15, 0.2) is 6.61 Å². The molecule has 4 heteroatoms. The van der Waals surface area contributed by atoms with E-state index in [4.69, 9.17) is 4.74 Å². The Morgan fingerprint density at radius 1 is 1.35 bits per heavy atom. The lowest BCUT2D eigenvalue weighted by molar-refractivity contribution is -0.132. The molecule has 0 aromatic heterocycles. The molecule has 0 heterocycles. The molecule has 0 unspecified atom stereocenters. The highest BCUT2D eigenvalue weighted by molar-refractivity contribution is 9.10. The molecule has 3 nitrogen and oxygen atoms in total. The number of likely N-dealkylation sites (N-methyl/N-ethyl adjacent to an activating group) is 1. The molecule has 0 saturated heterocycles. The van der Waals surface area contributed by atoms with Gasteiger partial charge in [-0.1, -0.05) is 22.0 Å². The number of hydrogen-bond acceptors (Lipinski definition) is 2. The molecule has 0 fully saturated rings. The molecule has 0 bridgehead atoms. The highest BCUT2D eigenvalue weighted by atomic mass is 79.9. The minimum Gasteiger partial charge on any atom is -0.483 e. The van der Waals surface area contributed by atoms with Crippen molar-refractivity contribution in [2.24, 2.45) is 0 Å². The molecule has 0 aliphatic heterocycles. The van der Waals surface area contributed by atoms with E-state index in [1.807, 2.05) is 39.0 Å². The van der Waals surface area contributed by atoms with Gasteiger partial charge in [-0.25, -0.2) is 0 Å². The van der Waals surface area contributed by atoms with Crippen molar-refractivity contribution in [1.82, 2.24) is 4.90 Å². The van der Waals surface area contributed by atoms with Crippen molar-refractivity contribution < 1.29 is 9.53 Å². The molecule has 0 N–H and O–H groups in total. The van der Waals surface area contributed by atoms with Crippen LogP contribution in [0.25, 0.3) is 0 Å². The lowest BCUT2D eigenvalue weighted by atomic mass is 10.2. The van der Waals surface area contributed by atoms with E-state index < -0.39 is 0 Å². The SMILES string of the molecule is CCN(CC)C(=O)COc1cc(Br)ccc1C. The second-order valence-corrected chi connectivity index (χ2v) is 4.68. The number of aryl methyl sites for hydroxylation is 1. The third kappa shape index (κ3) is 4.04. The molecule has 0 aliphatic carbocycles. The first-order valence-electron chi connectivity index (χ1n) is 5.75. The summed E-state index contributed by atoms with van der Waals surface area (Å²) in [7, 11) is 0. The average Bonchev–Trinajstić information content (AvgIpc) is 2.32. The van der Waals surface area contributed by atoms with Gasteiger partial charge in [-0.3, -0.25) is 4.79 Å². The van der Waals surface area contributed by atoms with Gasteiger partial charge in [-0.05, 0) is 38.5 Å². The van der Waals surface area contributed by atoms with Gasteiger partial charge < -0.3 is 9.64 Å². The molecule has 0 saturated carbocycles. The van der Waals surface area contributed by atoms with Crippen molar-refractivity contribution in [3.05, 3.63) is 28.2 Å². The lowest BCUT2D eigenvalue weighted by Gasteiger charge is -2.19. The second kappa shape index (κ2) is 6.64. The summed E-state index contributed by atoms with van der Waals surface area (Å²) in [5, 5.41) is 0. The summed E-state index contributed by atoms with van der Waals surface area (Å²) in [5.74, 6) is 0.772. The van der Waals surface area contributed by atoms with Crippen LogP contribution in [-0.4, -0.2) is 30.5 Å². The second-order valence-electron chi connectivity index (χ2n) is 3.76. The van der Waals surface area contributed by atoms with E-state index >= 15 is 0 Å². The topological polar surface area (TPSA) is 29.5 Å². The molecule has 0 radical (unpaired) electrons. The van der Waals surface area contributed by atoms with Crippen molar-refractivity contribution in [3.63, 3.8) is 0 Å². The summed E-state index contributed by atoms with van der Waals surface area (Å²) in [6.07, 6.45) is 0. The van der Waals surface area contributed by atoms with E-state index in [2.05, 4.69) is 15.9 Å². The van der Waals surface area contributed by atoms with Crippen LogP contribution in [0, 0.1) is 6.92 Å². The molecule has 1 aromatic rings. The average molecular weight is 300 g/mol. The van der Waals surface area contributed by atoms with Crippen LogP contribution in [0.5, 0.6) is 5.75 Å². The Morgan fingerprint density at radius 2 is 2.00 bits per heavy atom. The molecule has 1 rings (SSSR count). The van der Waals surface area contributed by atoms with Gasteiger partial charge in [0.1, 0.15) is 5.75 Å². The van der Waals surface area contributed by atoms with E-state index in [0.29, 0.717) is 0 Å². The molecule has 1 aromatic carbocycles. The smallest absolute Gasteiger partial charge is 0.260 e. The Kier molecular flexibility index (Phi) is 5.48. The molecular weight excluding hydrogens is 282 g/mol. The van der Waals surface area contributed by atoms with Crippen LogP contribution >= 0.6 is 15.9 Å². The minimum atomic E-state index is 0.0226. The summed E-state index contributed by atoms with van der Waals surface area (Å²) in [5.41, 5.74) is 1.03. The van der Waals surface area contributed by atoms with Crippen LogP contribution in [0.15, 0.2) is 22.7 Å². The van der Waals surface area contributed by atoms with Gasteiger partial charge in [-0.15, -0.1) is 0 Å². The van der Waals surface area contributed by atoms with Gasteiger partial charge in [-0.2, -0.15) is 0 Å². The number of halogens is 1. The zero-order valence-electron chi connectivity index (χ0n) is 10.5. The van der Waals surface area contributed by atoms with E-state index in [9.17, 15) is 4.79 Å². The Bertz CT molecular complexity index is 389. The normalized spacial score (nSPS) is 10.1. The van der Waals surface area contributed by atoms with Crippen LogP contribution in [0.1, 0.15) is 19.4 Å². The number of rotatable bonds is 5. The Morgan fingerprint density at radius 3 is 2.59 bits per heavy atom. The number of amides is 1. The summed E-state index contributed by atoms with van der Waals surface area (Å²) >= 11 is 3.38. The maximum Gasteiger partial charge on any atom is 0.260 e. The van der Waals surface area contributed by atoms with Gasteiger partial charge in [0.2, 0.25) is 0 Å². The number of carbonyl (C=O) groups excluding carboxylic acids is 1. The molecule has 0 atom stereocenters. The number of hydrogen-bond donors (Lipinski definition) is 0. The minimum absolute atomic E-state index is 0.0226. The van der Waals surface area contributed by atoms with Crippen molar-refractivity contribution in [3.8, 4) is 5.75 Å². The summed E-state index contributed by atoms with van der Waals surface area (Å²) in [6, 6.07) is 5.79. The molecule has 0 spiro atoms. The number of ether oxygens (including phenoxy) is 1. The Labute approximate surface area is 111 Å². The first-order chi connectivity index (χ1) is 8.08. The van der Waals surface area contributed by atoms with Crippen molar-refractivity contribution >= 4 is 21.8 Å². The maximum absolute atomic E-state index is 11.8. The van der Waals surface area contributed by atoms with E-state index in [1.165, 1.54) is 0 Å². The third-order valence-electron chi connectivity index (χ3n) is 2.62. The van der Waals surface area contributed by atoms with Crippen molar-refractivity contribution in [2.75, 3.05) is 19.7 Å². The van der Waals surface area contributed by atoms with Crippen LogP contribution in [0.2, 0.25) is 0 Å². The maximum atomic E-state index is 11.8. The first-order valence-corrected chi connectivity index (χ1v) is 6.54. The fourth-order valence-corrected chi connectivity index (χ4v) is 1.88. The van der Waals surface area contributed by atoms with Crippen molar-refractivity contribution in [2.45, 2.75) is 20.8 Å². The fraction of sp³-hybridized carbons (Fsp3) is 0.462. The van der Waals surface area contributed by atoms with E-state index in [-0.39, 0.29) is 12.5 Å². The Hall–Kier alpha value is -1.03. The fourth-order valence-electron chi connectivity index (χ4n) is 1.54. The zero-order valence-corrected chi connectivity index (χ0v) is 12.1. The third-order valence-corrected chi connectivity index (χ3v) is 3.11. The predicted molar refractivity (Wildman–Crippen MR) is 72.3 cm³/mol. The molecule has 17 heavy (non-hydrogen) atoms. The van der Waals surface area contributed by atoms with Crippen LogP contribution < -0.4 is 4.74 Å². The largest absolute Gasteiger partial charge is 0.483 e. The first kappa shape index (κ1) is 14.0. The van der Waals surface area contributed by atoms with Crippen LogP contribution in [0.4, 0.5) is 0 Å². The van der Waals surface area contributed by atoms with Gasteiger partial charge in [0.05, 0.1) is 0 Å². The van der Waals surface area contributed by atoms with E-state index in [0.717, 1.165) is 28.9 Å². The van der Waals surface area contributed by atoms with Crippen LogP contribution in [0.3, 0.4) is 0 Å². The summed E-state index contributed by atoms with van der Waals surface area (Å²) in [6.45, 7) is 7.42. The number of carbonyl (C=O) groups is 1. The molecule has 94 valence electrons. The van der Waals surface area contributed by atoms with Gasteiger partial charge in [0.25, 0.3) is 5.91 Å². The lowest BCUT2D eigenvalue weighted by Crippen LogP contribution is -2.34. The monoisotopic (exact) mass is 299 g/mol. The highest BCUT2D eigenvalue weighted by Gasteiger charge is 2.10. The van der Waals surface area contributed by atoms with Gasteiger partial charge in [0, 0.05) is 17.6 Å². The van der Waals surface area contributed by atoms with E-state index in [1.54, 1.807) is 4.90 Å². The molecule has 0 aliphatic rings. The van der Waals surface area contributed by atoms with Crippen molar-refractivity contribution in [1.29, 1.82) is 0 Å². The zero-order chi connectivity index (χ0) is 12.8. The predicted octanol–water partition coefficient (Wildman–Crippen LogP) is 3.00. The highest BCUT2D eigenvalue weighted by Crippen LogP contribution is 2.22. The number of nitrogens with zero attached hydrogens (tertiary/aromatic N) is 1. The number of benzene rings is 1. The molecule has 1 amide bonds. The summed E-state index contributed by atoms with van der Waals surface area (Å²) < 4.78 is 6.50. The van der Waals surface area contributed by atoms with Crippen LogP contribution in [-0.2, 0) is 4.79 Å². The summed E-state index contributed by atoms with van der Waals surface area (Å²) in [4.78, 5) is 13.5. The quantitative estimate of drug-likeness (QED) is 0.836.